The number of hydrogen-bond donors (Lipinski definition) is 2. The van der Waals surface area contributed by atoms with Crippen LogP contribution in [0.4, 0.5) is 11.4 Å². The molecule has 2 N–H and O–H groups in total. The van der Waals surface area contributed by atoms with Gasteiger partial charge in [-0.3, -0.25) is 9.69 Å². The lowest BCUT2D eigenvalue weighted by Crippen LogP contribution is -2.47. The fraction of sp³-hybridized carbons (Fsp3) is 0.226. The first kappa shape index (κ1) is 25.8. The number of carboxylic acid groups (broad SMARTS) is 1. The average molecular weight is 528 g/mol. The van der Waals surface area contributed by atoms with Gasteiger partial charge in [0.05, 0.1) is 5.56 Å². The molecule has 7 heteroatoms. The lowest BCUT2D eigenvalue weighted by molar-refractivity contribution is -0.111. The molecule has 0 atom stereocenters. The van der Waals surface area contributed by atoms with E-state index in [-0.39, 0.29) is 5.91 Å². The van der Waals surface area contributed by atoms with Crippen molar-refractivity contribution in [1.82, 2.24) is 4.90 Å². The highest BCUT2D eigenvalue weighted by Gasteiger charge is 2.25. The van der Waals surface area contributed by atoms with E-state index in [0.29, 0.717) is 10.6 Å². The Morgan fingerprint density at radius 2 is 1.74 bits per heavy atom. The van der Waals surface area contributed by atoms with Crippen molar-refractivity contribution in [2.75, 3.05) is 42.9 Å². The second-order valence-corrected chi connectivity index (χ2v) is 10.1. The summed E-state index contributed by atoms with van der Waals surface area (Å²) in [6.45, 7) is 7.89. The Kier molecular flexibility index (Phi) is 7.63. The number of fused-ring (bicyclic) bond motifs is 1. The minimum atomic E-state index is -0.903. The monoisotopic (exact) mass is 527 g/mol. The van der Waals surface area contributed by atoms with Gasteiger partial charge in [0.1, 0.15) is 0 Å². The van der Waals surface area contributed by atoms with Crippen molar-refractivity contribution in [3.63, 3.8) is 0 Å². The van der Waals surface area contributed by atoms with Crippen LogP contribution in [0.2, 0.25) is 5.02 Å². The van der Waals surface area contributed by atoms with Gasteiger partial charge < -0.3 is 15.3 Å². The van der Waals surface area contributed by atoms with Gasteiger partial charge in [-0.1, -0.05) is 42.4 Å². The summed E-state index contributed by atoms with van der Waals surface area (Å²) in [5, 5.41) is 12.9. The first-order chi connectivity index (χ1) is 18.4. The molecule has 1 fully saturated rings. The predicted molar refractivity (Wildman–Crippen MR) is 153 cm³/mol. The van der Waals surface area contributed by atoms with E-state index in [1.807, 2.05) is 30.3 Å². The molecule has 0 spiro atoms. The van der Waals surface area contributed by atoms with Crippen molar-refractivity contribution in [3.05, 3.63) is 112 Å². The average Bonchev–Trinajstić information content (AvgIpc) is 2.94. The van der Waals surface area contributed by atoms with Crippen LogP contribution in [0.3, 0.4) is 0 Å². The third-order valence-electron chi connectivity index (χ3n) is 7.26. The predicted octanol–water partition coefficient (Wildman–Crippen LogP) is 5.73. The van der Waals surface area contributed by atoms with E-state index in [1.165, 1.54) is 28.3 Å². The number of carboxylic acids is 1. The quantitative estimate of drug-likeness (QED) is 0.384. The van der Waals surface area contributed by atoms with Gasteiger partial charge in [0.25, 0.3) is 0 Å². The van der Waals surface area contributed by atoms with Gasteiger partial charge >= 0.3 is 5.97 Å². The third-order valence-corrected chi connectivity index (χ3v) is 7.51. The van der Waals surface area contributed by atoms with Crippen LogP contribution < -0.4 is 10.2 Å². The lowest BCUT2D eigenvalue weighted by atomic mass is 9.81. The Morgan fingerprint density at radius 3 is 2.45 bits per heavy atom. The zero-order chi connectivity index (χ0) is 26.6. The highest BCUT2D eigenvalue weighted by atomic mass is 35.5. The molecule has 0 saturated carbocycles. The van der Waals surface area contributed by atoms with Gasteiger partial charge in [-0.15, -0.1) is 0 Å². The van der Waals surface area contributed by atoms with Gasteiger partial charge in [-0.05, 0) is 89.2 Å². The number of aryl methyl sites for hydroxylation is 1. The van der Waals surface area contributed by atoms with Crippen LogP contribution in [0.15, 0.2) is 85.0 Å². The summed E-state index contributed by atoms with van der Waals surface area (Å²) in [7, 11) is 0. The number of nitrogens with zero attached hydrogens (tertiary/aromatic N) is 2. The van der Waals surface area contributed by atoms with Crippen molar-refractivity contribution in [3.8, 4) is 0 Å². The van der Waals surface area contributed by atoms with Crippen LogP contribution in [0, 0.1) is 0 Å². The van der Waals surface area contributed by atoms with Gasteiger partial charge in [-0.25, -0.2) is 4.79 Å². The molecule has 0 unspecified atom stereocenters. The zero-order valence-corrected chi connectivity index (χ0v) is 21.9. The van der Waals surface area contributed by atoms with Crippen LogP contribution in [0.5, 0.6) is 0 Å². The fourth-order valence-corrected chi connectivity index (χ4v) is 5.45. The van der Waals surface area contributed by atoms with E-state index < -0.39 is 5.97 Å². The number of nitrogens with one attached hydrogen (secondary N) is 1. The van der Waals surface area contributed by atoms with Crippen LogP contribution in [-0.4, -0.2) is 54.6 Å². The summed E-state index contributed by atoms with van der Waals surface area (Å²) in [4.78, 5) is 27.9. The molecule has 3 aromatic carbocycles. The van der Waals surface area contributed by atoms with Crippen LogP contribution in [-0.2, 0) is 11.2 Å². The number of aromatic carboxylic acids is 1. The molecule has 2 aliphatic rings. The number of carbonyl (C=O) groups excluding carboxylic acids is 1. The van der Waals surface area contributed by atoms with Crippen molar-refractivity contribution < 1.29 is 14.7 Å². The number of piperazine rings is 1. The number of carbonyl (C=O) groups is 2. The molecule has 0 bridgehead atoms. The molecule has 1 aliphatic carbocycles. The molecule has 1 heterocycles. The van der Waals surface area contributed by atoms with Gasteiger partial charge in [0.15, 0.2) is 0 Å². The highest BCUT2D eigenvalue weighted by Crippen LogP contribution is 2.38. The number of hydrogen-bond acceptors (Lipinski definition) is 4. The standard InChI is InChI=1S/C31H30ClN3O3/c1-2-29(36)33-26-12-13-28-22(18-26)6-7-24(30(28)21-8-10-25(32)11-9-21)20-34-14-16-35(17-15-34)27-5-3-4-23(19-27)31(37)38/h2-5,8-13,18-19H,1,6-7,14-17,20H2,(H,33,36)(H,37,38). The molecule has 194 valence electrons. The molecule has 1 saturated heterocycles. The molecule has 38 heavy (non-hydrogen) atoms. The molecule has 1 amide bonds. The zero-order valence-electron chi connectivity index (χ0n) is 21.1. The number of anilines is 2. The first-order valence-electron chi connectivity index (χ1n) is 12.8. The summed E-state index contributed by atoms with van der Waals surface area (Å²) >= 11 is 6.21. The number of rotatable bonds is 7. The Hall–Kier alpha value is -3.87. The van der Waals surface area contributed by atoms with E-state index >= 15 is 0 Å². The second kappa shape index (κ2) is 11.3. The maximum Gasteiger partial charge on any atom is 0.335 e. The minimum Gasteiger partial charge on any atom is -0.478 e. The number of amides is 1. The maximum atomic E-state index is 11.8. The largest absolute Gasteiger partial charge is 0.478 e. The normalized spacial score (nSPS) is 15.7. The first-order valence-corrected chi connectivity index (χ1v) is 13.1. The molecule has 3 aromatic rings. The summed E-state index contributed by atoms with van der Waals surface area (Å²) in [6, 6.07) is 21.3. The molecular formula is C31H30ClN3O3. The van der Waals surface area contributed by atoms with Gasteiger partial charge in [-0.2, -0.15) is 0 Å². The summed E-state index contributed by atoms with van der Waals surface area (Å²) < 4.78 is 0. The molecule has 1 aliphatic heterocycles. The third kappa shape index (κ3) is 5.67. The second-order valence-electron chi connectivity index (χ2n) is 9.67. The van der Waals surface area contributed by atoms with Crippen molar-refractivity contribution >= 4 is 40.4 Å². The summed E-state index contributed by atoms with van der Waals surface area (Å²) in [5.74, 6) is -1.12. The molecular weight excluding hydrogens is 498 g/mol. The Bertz CT molecular complexity index is 1410. The number of benzene rings is 3. The topological polar surface area (TPSA) is 72.9 Å². The van der Waals surface area contributed by atoms with Crippen molar-refractivity contribution in [2.45, 2.75) is 12.8 Å². The van der Waals surface area contributed by atoms with Crippen LogP contribution >= 0.6 is 11.6 Å². The van der Waals surface area contributed by atoms with Crippen molar-refractivity contribution in [1.29, 1.82) is 0 Å². The molecule has 6 nitrogen and oxygen atoms in total. The Labute approximate surface area is 227 Å². The van der Waals surface area contributed by atoms with E-state index in [4.69, 9.17) is 11.6 Å². The Balaban J connectivity index is 1.38. The molecule has 0 radical (unpaired) electrons. The summed E-state index contributed by atoms with van der Waals surface area (Å²) in [5.41, 5.74) is 8.21. The van der Waals surface area contributed by atoms with Crippen LogP contribution in [0.25, 0.3) is 5.57 Å². The van der Waals surface area contributed by atoms with E-state index in [0.717, 1.165) is 62.5 Å². The SMILES string of the molecule is C=CC(=O)Nc1ccc2c(c1)CCC(CN1CCN(c3cccc(C(=O)O)c3)CC1)=C2c1ccc(Cl)cc1. The van der Waals surface area contributed by atoms with Gasteiger partial charge in [0, 0.05) is 49.1 Å². The Morgan fingerprint density at radius 1 is 0.974 bits per heavy atom. The van der Waals surface area contributed by atoms with Crippen molar-refractivity contribution in [2.24, 2.45) is 0 Å². The highest BCUT2D eigenvalue weighted by molar-refractivity contribution is 6.30. The lowest BCUT2D eigenvalue weighted by Gasteiger charge is -2.37. The van der Waals surface area contributed by atoms with E-state index in [1.54, 1.807) is 12.1 Å². The van der Waals surface area contributed by atoms with E-state index in [9.17, 15) is 14.7 Å². The van der Waals surface area contributed by atoms with Gasteiger partial charge in [0.2, 0.25) is 5.91 Å². The minimum absolute atomic E-state index is 0.219. The van der Waals surface area contributed by atoms with Crippen LogP contribution in [0.1, 0.15) is 33.5 Å². The maximum absolute atomic E-state index is 11.8. The number of halogens is 1. The molecule has 0 aromatic heterocycles. The fourth-order valence-electron chi connectivity index (χ4n) is 5.32. The smallest absolute Gasteiger partial charge is 0.335 e. The van der Waals surface area contributed by atoms with E-state index in [2.05, 4.69) is 46.0 Å². The molecule has 5 rings (SSSR count). The summed E-state index contributed by atoms with van der Waals surface area (Å²) in [6.07, 6.45) is 3.12.